The molecule has 0 heterocycles. The predicted octanol–water partition coefficient (Wildman–Crippen LogP) is 4.49. The van der Waals surface area contributed by atoms with E-state index in [1.807, 2.05) is 13.8 Å². The van der Waals surface area contributed by atoms with Crippen LogP contribution in [0.1, 0.15) is 71.2 Å². The number of carbonyl (C=O) groups is 2. The normalized spacial score (nSPS) is 11.7. The van der Waals surface area contributed by atoms with Crippen molar-refractivity contribution in [2.45, 2.75) is 60.8 Å². The Kier molecular flexibility index (Phi) is 10.6. The van der Waals surface area contributed by atoms with Crippen LogP contribution in [-0.4, -0.2) is 43.4 Å². The summed E-state index contributed by atoms with van der Waals surface area (Å²) in [6.07, 6.45) is 3.85. The molecular formula is C25H41N5O2. The van der Waals surface area contributed by atoms with E-state index in [0.29, 0.717) is 18.7 Å². The largest absolute Gasteiger partial charge is 0.379 e. The molecule has 0 atom stereocenters. The van der Waals surface area contributed by atoms with Crippen LogP contribution in [0, 0.1) is 27.6 Å². The van der Waals surface area contributed by atoms with Crippen LogP contribution in [0.15, 0.2) is 24.3 Å². The van der Waals surface area contributed by atoms with Crippen molar-refractivity contribution in [3.05, 3.63) is 29.8 Å². The van der Waals surface area contributed by atoms with Gasteiger partial charge in [-0.25, -0.2) is 0 Å². The quantitative estimate of drug-likeness (QED) is 0.215. The van der Waals surface area contributed by atoms with Crippen LogP contribution in [0.4, 0.5) is 5.69 Å². The summed E-state index contributed by atoms with van der Waals surface area (Å²) >= 11 is 0. The molecule has 7 heteroatoms. The summed E-state index contributed by atoms with van der Waals surface area (Å²) in [5, 5.41) is 23.5. The average molecular weight is 444 g/mol. The smallest absolute Gasteiger partial charge is 0.251 e. The van der Waals surface area contributed by atoms with Gasteiger partial charge in [0, 0.05) is 36.5 Å². The first-order chi connectivity index (χ1) is 14.8. The van der Waals surface area contributed by atoms with E-state index in [2.05, 4.69) is 43.6 Å². The van der Waals surface area contributed by atoms with Gasteiger partial charge in [0.1, 0.15) is 0 Å². The highest BCUT2D eigenvalue weighted by Crippen LogP contribution is 2.36. The molecule has 7 nitrogen and oxygen atoms in total. The summed E-state index contributed by atoms with van der Waals surface area (Å²) in [6.45, 7) is 14.2. The highest BCUT2D eigenvalue weighted by atomic mass is 16.2. The second-order valence-electron chi connectivity index (χ2n) is 10.3. The summed E-state index contributed by atoms with van der Waals surface area (Å²) < 4.78 is 0. The van der Waals surface area contributed by atoms with Gasteiger partial charge in [-0.3, -0.25) is 9.59 Å². The fourth-order valence-corrected chi connectivity index (χ4v) is 3.84. The molecule has 0 fully saturated rings. The molecule has 1 aromatic rings. The van der Waals surface area contributed by atoms with Crippen molar-refractivity contribution in [1.82, 2.24) is 10.6 Å². The van der Waals surface area contributed by atoms with Crippen molar-refractivity contribution in [2.24, 2.45) is 16.7 Å². The standard InChI is InChI=1S/C25H41N5O2/c1-18(2)22(31)30-17-25(5,6)16-24(3,4)12-7-13-28-23(32)19-8-10-21(11-9-19)29-15-20(27)14-26/h8-11,14,18,26-27,29H,7,12-13,15-17H2,1-6H3,(H,28,32)(H,30,31). The summed E-state index contributed by atoms with van der Waals surface area (Å²) in [5.41, 5.74) is 1.71. The third-order valence-corrected chi connectivity index (χ3v) is 5.34. The second kappa shape index (κ2) is 12.4. The monoisotopic (exact) mass is 443 g/mol. The van der Waals surface area contributed by atoms with Crippen molar-refractivity contribution < 1.29 is 9.59 Å². The van der Waals surface area contributed by atoms with E-state index < -0.39 is 0 Å². The lowest BCUT2D eigenvalue weighted by molar-refractivity contribution is -0.124. The number of anilines is 1. The van der Waals surface area contributed by atoms with E-state index in [1.54, 1.807) is 24.3 Å². The average Bonchev–Trinajstić information content (AvgIpc) is 2.72. The first kappa shape index (κ1) is 27.3. The molecule has 1 aromatic carbocycles. The maximum atomic E-state index is 12.4. The molecule has 178 valence electrons. The summed E-state index contributed by atoms with van der Waals surface area (Å²) in [4.78, 5) is 24.3. The fraction of sp³-hybridized carbons (Fsp3) is 0.600. The van der Waals surface area contributed by atoms with Gasteiger partial charge in [0.25, 0.3) is 5.91 Å². The zero-order valence-corrected chi connectivity index (χ0v) is 20.5. The van der Waals surface area contributed by atoms with E-state index in [4.69, 9.17) is 10.8 Å². The minimum atomic E-state index is -0.0988. The van der Waals surface area contributed by atoms with Crippen LogP contribution in [0.3, 0.4) is 0 Å². The highest BCUT2D eigenvalue weighted by molar-refractivity contribution is 6.29. The van der Waals surface area contributed by atoms with Crippen LogP contribution in [-0.2, 0) is 4.79 Å². The van der Waals surface area contributed by atoms with E-state index in [0.717, 1.165) is 31.2 Å². The molecule has 0 spiro atoms. The molecule has 0 saturated carbocycles. The van der Waals surface area contributed by atoms with Crippen molar-refractivity contribution in [2.75, 3.05) is 25.0 Å². The van der Waals surface area contributed by atoms with Gasteiger partial charge in [-0.05, 0) is 54.4 Å². The molecule has 0 aliphatic carbocycles. The Morgan fingerprint density at radius 3 is 2.22 bits per heavy atom. The second-order valence-corrected chi connectivity index (χ2v) is 10.3. The molecule has 0 bridgehead atoms. The number of hydrogen-bond donors (Lipinski definition) is 5. The van der Waals surface area contributed by atoms with Crippen LogP contribution >= 0.6 is 0 Å². The number of amides is 2. The third-order valence-electron chi connectivity index (χ3n) is 5.34. The topological polar surface area (TPSA) is 118 Å². The summed E-state index contributed by atoms with van der Waals surface area (Å²) in [7, 11) is 0. The van der Waals surface area contributed by atoms with E-state index >= 15 is 0 Å². The number of benzene rings is 1. The summed E-state index contributed by atoms with van der Waals surface area (Å²) in [5.74, 6) is -0.0107. The van der Waals surface area contributed by atoms with Crippen molar-refractivity contribution in [3.8, 4) is 0 Å². The Labute approximate surface area is 193 Å². The molecular weight excluding hydrogens is 402 g/mol. The molecule has 2 amide bonds. The van der Waals surface area contributed by atoms with E-state index in [-0.39, 0.29) is 40.8 Å². The minimum Gasteiger partial charge on any atom is -0.379 e. The van der Waals surface area contributed by atoms with Gasteiger partial charge in [-0.15, -0.1) is 0 Å². The van der Waals surface area contributed by atoms with Crippen molar-refractivity contribution >= 4 is 29.4 Å². The van der Waals surface area contributed by atoms with Gasteiger partial charge in [-0.1, -0.05) is 41.5 Å². The number of rotatable bonds is 14. The van der Waals surface area contributed by atoms with Crippen molar-refractivity contribution in [3.63, 3.8) is 0 Å². The van der Waals surface area contributed by atoms with E-state index in [9.17, 15) is 9.59 Å². The number of nitrogens with one attached hydrogen (secondary N) is 5. The number of hydrogen-bond acceptors (Lipinski definition) is 5. The van der Waals surface area contributed by atoms with Crippen LogP contribution in [0.2, 0.25) is 0 Å². The Morgan fingerprint density at radius 1 is 1.03 bits per heavy atom. The van der Waals surface area contributed by atoms with Crippen LogP contribution in [0.25, 0.3) is 0 Å². The molecule has 0 unspecified atom stereocenters. The van der Waals surface area contributed by atoms with Gasteiger partial charge in [0.2, 0.25) is 5.91 Å². The Bertz CT molecular complexity index is 782. The third kappa shape index (κ3) is 10.6. The molecule has 32 heavy (non-hydrogen) atoms. The van der Waals surface area contributed by atoms with E-state index in [1.165, 1.54) is 0 Å². The lowest BCUT2D eigenvalue weighted by Gasteiger charge is -2.35. The van der Waals surface area contributed by atoms with Crippen molar-refractivity contribution in [1.29, 1.82) is 10.8 Å². The van der Waals surface area contributed by atoms with Crippen LogP contribution < -0.4 is 16.0 Å². The molecule has 0 saturated heterocycles. The van der Waals surface area contributed by atoms with Gasteiger partial charge in [0.15, 0.2) is 0 Å². The maximum Gasteiger partial charge on any atom is 0.251 e. The molecule has 0 aliphatic heterocycles. The molecule has 0 aromatic heterocycles. The maximum absolute atomic E-state index is 12.4. The number of carbonyl (C=O) groups excluding carboxylic acids is 2. The Balaban J connectivity index is 2.41. The Hall–Kier alpha value is -2.70. The Morgan fingerprint density at radius 2 is 1.66 bits per heavy atom. The van der Waals surface area contributed by atoms with Gasteiger partial charge < -0.3 is 26.8 Å². The summed E-state index contributed by atoms with van der Waals surface area (Å²) in [6, 6.07) is 7.11. The zero-order valence-electron chi connectivity index (χ0n) is 20.5. The highest BCUT2D eigenvalue weighted by Gasteiger charge is 2.29. The van der Waals surface area contributed by atoms with Gasteiger partial charge >= 0.3 is 0 Å². The van der Waals surface area contributed by atoms with Gasteiger partial charge in [0.05, 0.1) is 12.3 Å². The van der Waals surface area contributed by atoms with Gasteiger partial charge in [-0.2, -0.15) is 0 Å². The SMILES string of the molecule is CC(C)C(=O)NCC(C)(C)CC(C)(C)CCCNC(=O)c1ccc(NCC(=N)C=N)cc1. The molecule has 1 rings (SSSR count). The molecule has 0 radical (unpaired) electrons. The lowest BCUT2D eigenvalue weighted by atomic mass is 9.72. The predicted molar refractivity (Wildman–Crippen MR) is 133 cm³/mol. The first-order valence-corrected chi connectivity index (χ1v) is 11.3. The lowest BCUT2D eigenvalue weighted by Crippen LogP contribution is -2.38. The van der Waals surface area contributed by atoms with Crippen LogP contribution in [0.5, 0.6) is 0 Å². The molecule has 5 N–H and O–H groups in total. The zero-order chi connectivity index (χ0) is 24.4. The first-order valence-electron chi connectivity index (χ1n) is 11.3. The fourth-order valence-electron chi connectivity index (χ4n) is 3.84. The minimum absolute atomic E-state index is 0.00292. The molecule has 0 aliphatic rings.